The van der Waals surface area contributed by atoms with Crippen LogP contribution in [0, 0.1) is 0 Å². The molecule has 4 N–H and O–H groups in total. The van der Waals surface area contributed by atoms with E-state index in [1.54, 1.807) is 0 Å². The first-order valence-corrected chi connectivity index (χ1v) is 13.8. The van der Waals surface area contributed by atoms with E-state index in [9.17, 15) is 0 Å². The van der Waals surface area contributed by atoms with Gasteiger partial charge in [0.1, 0.15) is 5.82 Å². The predicted octanol–water partition coefficient (Wildman–Crippen LogP) is 5.21. The first kappa shape index (κ1) is 29.7. The zero-order chi connectivity index (χ0) is 25.8. The van der Waals surface area contributed by atoms with Crippen molar-refractivity contribution in [3.8, 4) is 0 Å². The van der Waals surface area contributed by atoms with Gasteiger partial charge in [-0.15, -0.1) is 0 Å². The molecule has 2 aliphatic heterocycles. The summed E-state index contributed by atoms with van der Waals surface area (Å²) in [6, 6.07) is 0.124. The Labute approximate surface area is 220 Å². The smallest absolute Gasteiger partial charge is 0.118 e. The minimum atomic E-state index is 0.124. The molecule has 0 spiro atoms. The number of hydrogen-bond donors (Lipinski definition) is 4. The molecular weight excluding hydrogens is 446 g/mol. The summed E-state index contributed by atoms with van der Waals surface area (Å²) in [6.07, 6.45) is 27.5. The maximum Gasteiger partial charge on any atom is 0.118 e. The summed E-state index contributed by atoms with van der Waals surface area (Å²) in [5.74, 6) is 1.02. The number of hydrogen-bond acceptors (Lipinski definition) is 6. The summed E-state index contributed by atoms with van der Waals surface area (Å²) in [6.45, 7) is 13.4. The average Bonchev–Trinajstić information content (AvgIpc) is 3.39. The van der Waals surface area contributed by atoms with Gasteiger partial charge in [0, 0.05) is 38.6 Å². The predicted molar refractivity (Wildman–Crippen MR) is 154 cm³/mol. The van der Waals surface area contributed by atoms with E-state index in [1.807, 2.05) is 6.92 Å². The topological polar surface area (TPSA) is 60.6 Å². The number of hydrazine groups is 1. The van der Waals surface area contributed by atoms with Crippen molar-refractivity contribution in [1.29, 1.82) is 0 Å². The van der Waals surface area contributed by atoms with Crippen LogP contribution in [0.5, 0.6) is 0 Å². The molecule has 0 fully saturated rings. The van der Waals surface area contributed by atoms with E-state index in [0.717, 1.165) is 57.9 Å². The normalized spacial score (nSPS) is 19.6. The molecule has 0 aromatic carbocycles. The van der Waals surface area contributed by atoms with Crippen molar-refractivity contribution >= 4 is 0 Å². The Kier molecular flexibility index (Phi) is 15.4. The quantitative estimate of drug-likeness (QED) is 0.164. The fourth-order valence-corrected chi connectivity index (χ4v) is 4.08. The average molecular weight is 496 g/mol. The lowest BCUT2D eigenvalue weighted by molar-refractivity contribution is 0.148. The molecule has 6 heteroatoms. The monoisotopic (exact) mass is 495 g/mol. The third-order valence-electron chi connectivity index (χ3n) is 6.03. The molecule has 0 saturated heterocycles. The summed E-state index contributed by atoms with van der Waals surface area (Å²) in [5, 5.41) is 12.7. The van der Waals surface area contributed by atoms with Gasteiger partial charge in [0.2, 0.25) is 0 Å². The zero-order valence-electron chi connectivity index (χ0n) is 23.0. The first-order chi connectivity index (χ1) is 17.7. The number of nitrogens with one attached hydrogen (secondary N) is 4. The van der Waals surface area contributed by atoms with Crippen molar-refractivity contribution in [3.05, 3.63) is 83.5 Å². The number of nitrogens with zero attached hydrogens (tertiary/aromatic N) is 1. The molecule has 0 bridgehead atoms. The standard InChI is InChI=1S/C30H49N5O/c1-5-9-11-15-26(13-7-3)29-18-22-35(34-29)30(33-21-23-36-8-4)17-20-32-25-27(14-10-6-2)28-16-12-19-31-24-28/h7,9,11,13,15-18,22,25,29,31-34H,5-6,8,10,12,14,19-21,23-24H2,1-4H3/b11-9+,13-7-,26-15+,27-25+,30-17-. The van der Waals surface area contributed by atoms with Crippen LogP contribution in [-0.2, 0) is 4.74 Å². The largest absolute Gasteiger partial charge is 0.387 e. The van der Waals surface area contributed by atoms with E-state index >= 15 is 0 Å². The fourth-order valence-electron chi connectivity index (χ4n) is 4.08. The van der Waals surface area contributed by atoms with Gasteiger partial charge in [0.05, 0.1) is 12.6 Å². The lowest BCUT2D eigenvalue weighted by Gasteiger charge is -2.24. The molecule has 0 aliphatic carbocycles. The SMILES string of the molecule is C\C=C/C(=C\C=C\CC)C1C=CN(/C(=C\CN/C=C(\CCCC)C2=CCCNC2)NCCOCC)N1. The summed E-state index contributed by atoms with van der Waals surface area (Å²) >= 11 is 0. The molecule has 36 heavy (non-hydrogen) atoms. The lowest BCUT2D eigenvalue weighted by atomic mass is 9.98. The molecule has 2 heterocycles. The van der Waals surface area contributed by atoms with Gasteiger partial charge in [-0.25, -0.2) is 5.43 Å². The third kappa shape index (κ3) is 11.0. The van der Waals surface area contributed by atoms with Crippen molar-refractivity contribution in [2.45, 2.75) is 65.8 Å². The summed E-state index contributed by atoms with van der Waals surface area (Å²) in [7, 11) is 0. The molecule has 6 nitrogen and oxygen atoms in total. The minimum Gasteiger partial charge on any atom is -0.387 e. The number of ether oxygens (including phenoxy) is 1. The van der Waals surface area contributed by atoms with Crippen LogP contribution < -0.4 is 21.4 Å². The van der Waals surface area contributed by atoms with Crippen molar-refractivity contribution < 1.29 is 4.74 Å². The molecule has 0 aromatic rings. The van der Waals surface area contributed by atoms with Crippen molar-refractivity contribution in [3.63, 3.8) is 0 Å². The van der Waals surface area contributed by atoms with Crippen LogP contribution in [-0.4, -0.2) is 50.4 Å². The Morgan fingerprint density at radius 1 is 1.28 bits per heavy atom. The Hall–Kier alpha value is -2.54. The molecule has 0 radical (unpaired) electrons. The Balaban J connectivity index is 2.08. The maximum atomic E-state index is 5.54. The second-order valence-corrected chi connectivity index (χ2v) is 8.91. The second-order valence-electron chi connectivity index (χ2n) is 8.91. The molecule has 0 saturated carbocycles. The Bertz CT molecular complexity index is 834. The molecule has 1 atom stereocenters. The molecule has 0 amide bonds. The van der Waals surface area contributed by atoms with Gasteiger partial charge >= 0.3 is 0 Å². The van der Waals surface area contributed by atoms with Crippen molar-refractivity contribution in [2.75, 3.05) is 39.4 Å². The van der Waals surface area contributed by atoms with E-state index < -0.39 is 0 Å². The lowest BCUT2D eigenvalue weighted by Crippen LogP contribution is -2.41. The fraction of sp³-hybridized carbons (Fsp3) is 0.533. The van der Waals surface area contributed by atoms with Crippen molar-refractivity contribution in [2.24, 2.45) is 0 Å². The number of rotatable bonds is 17. The van der Waals surface area contributed by atoms with E-state index in [0.29, 0.717) is 6.61 Å². The summed E-state index contributed by atoms with van der Waals surface area (Å²) < 4.78 is 5.54. The van der Waals surface area contributed by atoms with E-state index in [-0.39, 0.29) is 6.04 Å². The maximum absolute atomic E-state index is 5.54. The van der Waals surface area contributed by atoms with Gasteiger partial charge in [-0.2, -0.15) is 0 Å². The molecule has 2 rings (SSSR count). The number of allylic oxidation sites excluding steroid dienone is 4. The van der Waals surface area contributed by atoms with Crippen LogP contribution in [0.3, 0.4) is 0 Å². The van der Waals surface area contributed by atoms with Gasteiger partial charge in [0.25, 0.3) is 0 Å². The van der Waals surface area contributed by atoms with E-state index in [4.69, 9.17) is 4.74 Å². The zero-order valence-corrected chi connectivity index (χ0v) is 23.0. The highest BCUT2D eigenvalue weighted by Gasteiger charge is 2.19. The molecule has 2 aliphatic rings. The van der Waals surface area contributed by atoms with Crippen LogP contribution >= 0.6 is 0 Å². The molecule has 200 valence electrons. The summed E-state index contributed by atoms with van der Waals surface area (Å²) in [4.78, 5) is 0. The molecular formula is C30H49N5O. The van der Waals surface area contributed by atoms with Crippen LogP contribution in [0.25, 0.3) is 0 Å². The summed E-state index contributed by atoms with van der Waals surface area (Å²) in [5.41, 5.74) is 7.70. The van der Waals surface area contributed by atoms with E-state index in [2.05, 4.69) is 108 Å². The second kappa shape index (κ2) is 18.7. The van der Waals surface area contributed by atoms with Gasteiger partial charge in [0.15, 0.2) is 0 Å². The van der Waals surface area contributed by atoms with E-state index in [1.165, 1.54) is 29.6 Å². The highest BCUT2D eigenvalue weighted by atomic mass is 16.5. The van der Waals surface area contributed by atoms with Gasteiger partial charge in [-0.3, -0.25) is 5.01 Å². The highest BCUT2D eigenvalue weighted by molar-refractivity contribution is 5.35. The number of unbranched alkanes of at least 4 members (excludes halogenated alkanes) is 1. The van der Waals surface area contributed by atoms with Crippen LogP contribution in [0.1, 0.15) is 59.8 Å². The van der Waals surface area contributed by atoms with Crippen LogP contribution in [0.15, 0.2) is 83.5 Å². The molecule has 0 aromatic heterocycles. The molecule has 1 unspecified atom stereocenters. The van der Waals surface area contributed by atoms with Gasteiger partial charge in [-0.1, -0.05) is 56.7 Å². The Morgan fingerprint density at radius 3 is 2.89 bits per heavy atom. The first-order valence-electron chi connectivity index (χ1n) is 13.8. The minimum absolute atomic E-state index is 0.124. The highest BCUT2D eigenvalue weighted by Crippen LogP contribution is 2.19. The van der Waals surface area contributed by atoms with Crippen LogP contribution in [0.4, 0.5) is 0 Å². The van der Waals surface area contributed by atoms with Crippen LogP contribution in [0.2, 0.25) is 0 Å². The van der Waals surface area contributed by atoms with Crippen molar-refractivity contribution in [1.82, 2.24) is 26.4 Å². The van der Waals surface area contributed by atoms with Gasteiger partial charge in [-0.05, 0) is 74.9 Å². The third-order valence-corrected chi connectivity index (χ3v) is 6.03. The Morgan fingerprint density at radius 2 is 2.17 bits per heavy atom. The van der Waals surface area contributed by atoms with Gasteiger partial charge < -0.3 is 20.7 Å².